The topological polar surface area (TPSA) is 29.8 Å². The van der Waals surface area contributed by atoms with Crippen LogP contribution < -0.4 is 9.47 Å². The van der Waals surface area contributed by atoms with Crippen molar-refractivity contribution in [1.29, 1.82) is 0 Å². The largest absolute Gasteiger partial charge is 0.494 e. The maximum atomic E-state index is 6.33. The van der Waals surface area contributed by atoms with Gasteiger partial charge in [0.2, 0.25) is 0 Å². The zero-order valence-electron chi connectivity index (χ0n) is 18.7. The third-order valence-corrected chi connectivity index (χ3v) is 5.35. The van der Waals surface area contributed by atoms with E-state index in [9.17, 15) is 0 Å². The van der Waals surface area contributed by atoms with E-state index in [0.717, 1.165) is 40.6 Å². The number of hydrogen-bond acceptors (Lipinski definition) is 2. The normalized spacial score (nSPS) is 15.9. The third kappa shape index (κ3) is 5.55. The summed E-state index contributed by atoms with van der Waals surface area (Å²) in [6.07, 6.45) is 7.20. The molecule has 4 rings (SSSR count). The van der Waals surface area contributed by atoms with Crippen molar-refractivity contribution in [2.24, 2.45) is 0 Å². The zero-order chi connectivity index (χ0) is 22.2. The molecule has 1 unspecified atom stereocenters. The number of rotatable bonds is 8. The Bertz CT molecular complexity index is 1090. The predicted molar refractivity (Wildman–Crippen MR) is 131 cm³/mol. The quantitative estimate of drug-likeness (QED) is 0.292. The minimum atomic E-state index is 0.219. The van der Waals surface area contributed by atoms with E-state index < -0.39 is 0 Å². The van der Waals surface area contributed by atoms with Crippen molar-refractivity contribution in [2.45, 2.75) is 26.2 Å². The molecule has 3 aromatic rings. The summed E-state index contributed by atoms with van der Waals surface area (Å²) in [6, 6.07) is 26.7. The van der Waals surface area contributed by atoms with Crippen LogP contribution in [0.15, 0.2) is 91.0 Å². The molecule has 32 heavy (non-hydrogen) atoms. The number of ketones is 1. The molecular weight excluding hydrogens is 396 g/mol. The summed E-state index contributed by atoms with van der Waals surface area (Å²) < 4.78 is 17.5. The maximum absolute atomic E-state index is 6.33. The first-order valence-corrected chi connectivity index (χ1v) is 11.2. The summed E-state index contributed by atoms with van der Waals surface area (Å²) in [5.74, 6) is 3.79. The summed E-state index contributed by atoms with van der Waals surface area (Å²) >= 11 is 0. The number of carbonyl (C=O) groups excluding carboxylic acids is 1. The van der Waals surface area contributed by atoms with Crippen molar-refractivity contribution < 1.29 is 13.9 Å². The fraction of sp³-hybridized carbons (Fsp3) is 0.207. The number of allylic oxidation sites excluding steroid dienone is 2. The predicted octanol–water partition coefficient (Wildman–Crippen LogP) is 6.83. The monoisotopic (exact) mass is 425 g/mol. The maximum Gasteiger partial charge on any atom is 0.356 e. The molecule has 0 aliphatic carbocycles. The van der Waals surface area contributed by atoms with Crippen molar-refractivity contribution in [3.8, 4) is 11.5 Å². The third-order valence-electron chi connectivity index (χ3n) is 5.35. The van der Waals surface area contributed by atoms with Gasteiger partial charge in [0.1, 0.15) is 11.5 Å². The van der Waals surface area contributed by atoms with Crippen LogP contribution in [0, 0.1) is 0 Å². The molecule has 0 amide bonds. The van der Waals surface area contributed by atoms with Crippen LogP contribution in [0.25, 0.3) is 11.8 Å². The zero-order valence-corrected chi connectivity index (χ0v) is 18.7. The summed E-state index contributed by atoms with van der Waals surface area (Å²) in [4.78, 5) is 0. The van der Waals surface area contributed by atoms with Crippen molar-refractivity contribution in [3.05, 3.63) is 108 Å². The molecule has 0 saturated carbocycles. The summed E-state index contributed by atoms with van der Waals surface area (Å²) in [6.45, 7) is 5.31. The number of hydrogen-bond donors (Lipinski definition) is 0. The molecule has 1 heterocycles. The van der Waals surface area contributed by atoms with Crippen LogP contribution in [0.1, 0.15) is 42.9 Å². The molecule has 162 valence electrons. The highest BCUT2D eigenvalue weighted by molar-refractivity contribution is 5.96. The van der Waals surface area contributed by atoms with Gasteiger partial charge < -0.3 is 9.47 Å². The second kappa shape index (κ2) is 10.6. The molecule has 0 N–H and O–H groups in total. The Balaban J connectivity index is 1.64. The minimum absolute atomic E-state index is 0.219. The first-order valence-electron chi connectivity index (χ1n) is 11.2. The summed E-state index contributed by atoms with van der Waals surface area (Å²) in [5, 5.41) is 0. The van der Waals surface area contributed by atoms with E-state index in [-0.39, 0.29) is 5.92 Å². The molecule has 0 spiro atoms. The van der Waals surface area contributed by atoms with Gasteiger partial charge in [0.05, 0.1) is 25.2 Å². The molecule has 0 saturated heterocycles. The first kappa shape index (κ1) is 21.6. The van der Waals surface area contributed by atoms with Gasteiger partial charge >= 0.3 is 11.5 Å². The van der Waals surface area contributed by atoms with Gasteiger partial charge in [-0.05, 0) is 67.4 Å². The van der Waals surface area contributed by atoms with Crippen molar-refractivity contribution in [2.75, 3.05) is 13.2 Å². The lowest BCUT2D eigenvalue weighted by atomic mass is 9.90. The summed E-state index contributed by atoms with van der Waals surface area (Å²) in [7, 11) is 0. The number of ether oxygens (including phenoxy) is 2. The molecule has 1 aliphatic heterocycles. The van der Waals surface area contributed by atoms with Gasteiger partial charge in [0.25, 0.3) is 0 Å². The van der Waals surface area contributed by atoms with Gasteiger partial charge in [-0.1, -0.05) is 42.5 Å². The highest BCUT2D eigenvalue weighted by Gasteiger charge is 2.29. The van der Waals surface area contributed by atoms with Crippen LogP contribution in [0.2, 0.25) is 0 Å². The molecule has 1 aliphatic rings. The fourth-order valence-electron chi connectivity index (χ4n) is 3.76. The van der Waals surface area contributed by atoms with Crippen molar-refractivity contribution in [1.82, 2.24) is 0 Å². The number of benzene rings is 3. The SMILES string of the molecule is CCOc1ccc(C2=CC(c3ccc(OCC)cc3)CC(C=Cc3ccccc3)=[O+]2)cc1. The van der Waals surface area contributed by atoms with E-state index in [1.54, 1.807) is 0 Å². The molecule has 3 heteroatoms. The first-order chi connectivity index (χ1) is 15.7. The lowest BCUT2D eigenvalue weighted by molar-refractivity contribution is -0.346. The fourth-order valence-corrected chi connectivity index (χ4v) is 3.76. The van der Waals surface area contributed by atoms with Gasteiger partial charge in [0.15, 0.2) is 0 Å². The molecule has 0 aromatic heterocycles. The molecular formula is C29H29O3+. The van der Waals surface area contributed by atoms with E-state index in [1.807, 2.05) is 56.3 Å². The molecule has 0 radical (unpaired) electrons. The average molecular weight is 426 g/mol. The Hall–Kier alpha value is -3.59. The molecule has 3 aromatic carbocycles. The molecule has 0 bridgehead atoms. The van der Waals surface area contributed by atoms with Crippen LogP contribution in [0.4, 0.5) is 0 Å². The Morgan fingerprint density at radius 3 is 2.03 bits per heavy atom. The van der Waals surface area contributed by atoms with Gasteiger partial charge in [-0.25, -0.2) is 4.42 Å². The second-order valence-corrected chi connectivity index (χ2v) is 7.61. The van der Waals surface area contributed by atoms with E-state index in [4.69, 9.17) is 13.9 Å². The van der Waals surface area contributed by atoms with Crippen LogP contribution in [0.5, 0.6) is 11.5 Å². The Kier molecular flexibility index (Phi) is 7.19. The Labute approximate surface area is 190 Å². The average Bonchev–Trinajstić information content (AvgIpc) is 2.85. The van der Waals surface area contributed by atoms with Gasteiger partial charge in [0, 0.05) is 18.1 Å². The summed E-state index contributed by atoms with van der Waals surface area (Å²) in [5.41, 5.74) is 3.43. The highest BCUT2D eigenvalue weighted by Crippen LogP contribution is 2.32. The van der Waals surface area contributed by atoms with E-state index in [0.29, 0.717) is 13.2 Å². The van der Waals surface area contributed by atoms with Crippen LogP contribution in [-0.2, 0) is 4.42 Å². The van der Waals surface area contributed by atoms with Crippen LogP contribution in [0.3, 0.4) is 0 Å². The Morgan fingerprint density at radius 1 is 0.781 bits per heavy atom. The smallest absolute Gasteiger partial charge is 0.356 e. The minimum Gasteiger partial charge on any atom is -0.494 e. The molecule has 1 atom stereocenters. The molecule has 3 nitrogen and oxygen atoms in total. The van der Waals surface area contributed by atoms with Gasteiger partial charge in [-0.2, -0.15) is 0 Å². The molecule has 0 fully saturated rings. The van der Waals surface area contributed by atoms with Gasteiger partial charge in [-0.3, -0.25) is 0 Å². The highest BCUT2D eigenvalue weighted by atomic mass is 16.5. The lowest BCUT2D eigenvalue weighted by Gasteiger charge is -2.14. The van der Waals surface area contributed by atoms with Crippen LogP contribution >= 0.6 is 0 Å². The van der Waals surface area contributed by atoms with Gasteiger partial charge in [-0.15, -0.1) is 0 Å². The van der Waals surface area contributed by atoms with E-state index >= 15 is 0 Å². The lowest BCUT2D eigenvalue weighted by Crippen LogP contribution is -2.12. The van der Waals surface area contributed by atoms with Crippen molar-refractivity contribution in [3.63, 3.8) is 0 Å². The van der Waals surface area contributed by atoms with E-state index in [1.165, 1.54) is 5.56 Å². The second-order valence-electron chi connectivity index (χ2n) is 7.61. The van der Waals surface area contributed by atoms with Crippen molar-refractivity contribution >= 4 is 17.6 Å². The standard InChI is InChI=1S/C29H29O3/c1-3-30-26-16-11-23(12-17-26)25-20-28(15-10-22-8-6-5-7-9-22)32-29(21-25)24-13-18-27(19-14-24)31-4-2/h5-19,21,25H,3-4,20H2,1-2H3/q+1. The van der Waals surface area contributed by atoms with Crippen LogP contribution in [-0.4, -0.2) is 19.0 Å². The van der Waals surface area contributed by atoms with E-state index in [2.05, 4.69) is 54.6 Å². The Morgan fingerprint density at radius 2 is 1.41 bits per heavy atom.